The van der Waals surface area contributed by atoms with E-state index in [9.17, 15) is 18.0 Å². The first-order valence-corrected chi connectivity index (χ1v) is 7.94. The summed E-state index contributed by atoms with van der Waals surface area (Å²) in [6, 6.07) is 14.2. The van der Waals surface area contributed by atoms with Crippen molar-refractivity contribution in [2.24, 2.45) is 0 Å². The van der Waals surface area contributed by atoms with E-state index in [0.717, 1.165) is 23.3 Å². The Morgan fingerprint density at radius 1 is 1.08 bits per heavy atom. The van der Waals surface area contributed by atoms with E-state index in [2.05, 4.69) is 0 Å². The van der Waals surface area contributed by atoms with Crippen LogP contribution in [0.5, 0.6) is 0 Å². The van der Waals surface area contributed by atoms with Gasteiger partial charge in [-0.1, -0.05) is 49.4 Å². The number of carbonyl (C=O) groups is 1. The average molecular weight is 348 g/mol. The fraction of sp³-hybridized carbons (Fsp3) is 0.250. The average Bonchev–Trinajstić information content (AvgIpc) is 2.58. The number of allylic oxidation sites excluding steroid dienone is 1. The van der Waals surface area contributed by atoms with Gasteiger partial charge < -0.3 is 4.74 Å². The van der Waals surface area contributed by atoms with Crippen LogP contribution in [0.2, 0.25) is 0 Å². The number of alkyl halides is 3. The number of esters is 1. The molecule has 2 rings (SSSR count). The Hall–Kier alpha value is -2.56. The summed E-state index contributed by atoms with van der Waals surface area (Å²) in [4.78, 5) is 11.4. The van der Waals surface area contributed by atoms with E-state index >= 15 is 0 Å². The van der Waals surface area contributed by atoms with Crippen LogP contribution in [0.1, 0.15) is 42.9 Å². The third-order valence-electron chi connectivity index (χ3n) is 3.77. The standard InChI is InChI=1S/C20H19F3O2/c1-3-15(16-9-11-18(12-10-16)20(21,22)23)13-19(25-14(2)24)17-7-5-4-6-8-17/h4-13,15H,3H2,1-2H3/b19-13-/t15-/m1/s1. The molecule has 0 radical (unpaired) electrons. The molecule has 2 aromatic rings. The Morgan fingerprint density at radius 2 is 1.68 bits per heavy atom. The summed E-state index contributed by atoms with van der Waals surface area (Å²) in [6.07, 6.45) is -1.93. The lowest BCUT2D eigenvalue weighted by atomic mass is 9.93. The highest BCUT2D eigenvalue weighted by Gasteiger charge is 2.30. The van der Waals surface area contributed by atoms with Crippen molar-refractivity contribution in [1.82, 2.24) is 0 Å². The Morgan fingerprint density at radius 3 is 2.16 bits per heavy atom. The summed E-state index contributed by atoms with van der Waals surface area (Å²) < 4.78 is 43.4. The minimum atomic E-state index is -4.36. The van der Waals surface area contributed by atoms with Gasteiger partial charge in [0.05, 0.1) is 5.56 Å². The lowest BCUT2D eigenvalue weighted by molar-refractivity contribution is -0.137. The molecule has 0 spiro atoms. The molecule has 0 saturated heterocycles. The smallest absolute Gasteiger partial charge is 0.416 e. The molecular formula is C20H19F3O2. The Labute approximate surface area is 144 Å². The largest absolute Gasteiger partial charge is 0.426 e. The van der Waals surface area contributed by atoms with Gasteiger partial charge in [-0.15, -0.1) is 0 Å². The molecule has 0 unspecified atom stereocenters. The number of ether oxygens (including phenoxy) is 1. The first-order valence-electron chi connectivity index (χ1n) is 7.94. The van der Waals surface area contributed by atoms with Crippen molar-refractivity contribution in [3.63, 3.8) is 0 Å². The summed E-state index contributed by atoms with van der Waals surface area (Å²) in [5.41, 5.74) is 0.789. The number of carbonyl (C=O) groups excluding carboxylic acids is 1. The molecule has 0 saturated carbocycles. The Bertz CT molecular complexity index is 732. The molecule has 0 heterocycles. The van der Waals surface area contributed by atoms with Crippen LogP contribution in [-0.4, -0.2) is 5.97 Å². The molecule has 0 aromatic heterocycles. The van der Waals surface area contributed by atoms with Crippen LogP contribution in [0, 0.1) is 0 Å². The minimum absolute atomic E-state index is 0.170. The Balaban J connectivity index is 2.36. The number of hydrogen-bond acceptors (Lipinski definition) is 2. The summed E-state index contributed by atoms with van der Waals surface area (Å²) >= 11 is 0. The summed E-state index contributed by atoms with van der Waals surface area (Å²) in [5, 5.41) is 0. The molecule has 25 heavy (non-hydrogen) atoms. The van der Waals surface area contributed by atoms with Crippen molar-refractivity contribution in [1.29, 1.82) is 0 Å². The van der Waals surface area contributed by atoms with Gasteiger partial charge in [0, 0.05) is 18.4 Å². The molecule has 132 valence electrons. The molecule has 0 aliphatic carbocycles. The Kier molecular flexibility index (Phi) is 6.02. The number of hydrogen-bond donors (Lipinski definition) is 0. The molecule has 0 aliphatic rings. The fourth-order valence-electron chi connectivity index (χ4n) is 2.50. The molecule has 2 nitrogen and oxygen atoms in total. The van der Waals surface area contributed by atoms with Gasteiger partial charge in [0.15, 0.2) is 0 Å². The molecule has 5 heteroatoms. The van der Waals surface area contributed by atoms with Gasteiger partial charge in [0.2, 0.25) is 0 Å². The van der Waals surface area contributed by atoms with E-state index < -0.39 is 17.7 Å². The number of benzene rings is 2. The number of rotatable bonds is 5. The third-order valence-corrected chi connectivity index (χ3v) is 3.77. The maximum Gasteiger partial charge on any atom is 0.416 e. The predicted octanol–water partition coefficient (Wildman–Crippen LogP) is 5.80. The monoisotopic (exact) mass is 348 g/mol. The van der Waals surface area contributed by atoms with Crippen molar-refractivity contribution in [2.75, 3.05) is 0 Å². The second-order valence-corrected chi connectivity index (χ2v) is 5.63. The van der Waals surface area contributed by atoms with E-state index in [-0.39, 0.29) is 5.92 Å². The van der Waals surface area contributed by atoms with Crippen LogP contribution in [0.25, 0.3) is 5.76 Å². The van der Waals surface area contributed by atoms with Gasteiger partial charge in [0.25, 0.3) is 0 Å². The molecule has 0 N–H and O–H groups in total. The van der Waals surface area contributed by atoms with E-state index in [0.29, 0.717) is 12.2 Å². The van der Waals surface area contributed by atoms with Crippen LogP contribution in [0.15, 0.2) is 60.7 Å². The van der Waals surface area contributed by atoms with Crippen molar-refractivity contribution in [3.8, 4) is 0 Å². The summed E-state index contributed by atoms with van der Waals surface area (Å²) in [5.74, 6) is -0.214. The van der Waals surface area contributed by atoms with Crippen molar-refractivity contribution >= 4 is 11.7 Å². The SMILES string of the molecule is CC[C@H](/C=C(\OC(C)=O)c1ccccc1)c1ccc(C(F)(F)F)cc1. The highest BCUT2D eigenvalue weighted by atomic mass is 19.4. The summed E-state index contributed by atoms with van der Waals surface area (Å²) in [7, 11) is 0. The van der Waals surface area contributed by atoms with E-state index in [1.165, 1.54) is 19.1 Å². The van der Waals surface area contributed by atoms with Crippen molar-refractivity contribution < 1.29 is 22.7 Å². The zero-order valence-electron chi connectivity index (χ0n) is 14.0. The van der Waals surface area contributed by atoms with Crippen molar-refractivity contribution in [2.45, 2.75) is 32.4 Å². The van der Waals surface area contributed by atoms with E-state index in [4.69, 9.17) is 4.74 Å². The lowest BCUT2D eigenvalue weighted by Gasteiger charge is -2.15. The van der Waals surface area contributed by atoms with Crippen LogP contribution in [0.4, 0.5) is 13.2 Å². The normalized spacial score (nSPS) is 13.4. The van der Waals surface area contributed by atoms with Crippen LogP contribution >= 0.6 is 0 Å². The van der Waals surface area contributed by atoms with Gasteiger partial charge in [0.1, 0.15) is 5.76 Å². The molecule has 0 amide bonds. The van der Waals surface area contributed by atoms with Gasteiger partial charge in [-0.05, 0) is 30.2 Å². The zero-order valence-corrected chi connectivity index (χ0v) is 14.0. The summed E-state index contributed by atoms with van der Waals surface area (Å²) in [6.45, 7) is 3.24. The molecular weight excluding hydrogens is 329 g/mol. The first kappa shape index (κ1) is 18.8. The van der Waals surface area contributed by atoms with Gasteiger partial charge in [-0.2, -0.15) is 13.2 Å². The predicted molar refractivity (Wildman–Crippen MR) is 90.7 cm³/mol. The first-order chi connectivity index (χ1) is 11.8. The molecule has 0 fully saturated rings. The van der Waals surface area contributed by atoms with Crippen molar-refractivity contribution in [3.05, 3.63) is 77.4 Å². The van der Waals surface area contributed by atoms with E-state index in [1.54, 1.807) is 6.08 Å². The van der Waals surface area contributed by atoms with Crippen LogP contribution < -0.4 is 0 Å². The van der Waals surface area contributed by atoms with Crippen LogP contribution in [-0.2, 0) is 15.7 Å². The van der Waals surface area contributed by atoms with Crippen LogP contribution in [0.3, 0.4) is 0 Å². The molecule has 0 aliphatic heterocycles. The lowest BCUT2D eigenvalue weighted by Crippen LogP contribution is -2.06. The molecule has 1 atom stereocenters. The maximum absolute atomic E-state index is 12.7. The van der Waals surface area contributed by atoms with E-state index in [1.807, 2.05) is 37.3 Å². The second kappa shape index (κ2) is 8.01. The fourth-order valence-corrected chi connectivity index (χ4v) is 2.50. The van der Waals surface area contributed by atoms with Gasteiger partial charge >= 0.3 is 12.1 Å². The van der Waals surface area contributed by atoms with Gasteiger partial charge in [-0.3, -0.25) is 4.79 Å². The zero-order chi connectivity index (χ0) is 18.4. The molecule has 0 bridgehead atoms. The second-order valence-electron chi connectivity index (χ2n) is 5.63. The quantitative estimate of drug-likeness (QED) is 0.504. The highest BCUT2D eigenvalue weighted by molar-refractivity contribution is 5.76. The van der Waals surface area contributed by atoms with Gasteiger partial charge in [-0.25, -0.2) is 0 Å². The topological polar surface area (TPSA) is 26.3 Å². The number of halogens is 3. The highest BCUT2D eigenvalue weighted by Crippen LogP contribution is 2.32. The minimum Gasteiger partial charge on any atom is -0.426 e. The molecule has 2 aromatic carbocycles. The third kappa shape index (κ3) is 5.21. The maximum atomic E-state index is 12.7.